The summed E-state index contributed by atoms with van der Waals surface area (Å²) in [5.41, 5.74) is 0.0957. The van der Waals surface area contributed by atoms with E-state index in [1.807, 2.05) is 13.8 Å². The Hall–Kier alpha value is -1.26. The molecule has 1 saturated heterocycles. The predicted molar refractivity (Wildman–Crippen MR) is 86.4 cm³/mol. The molecule has 0 radical (unpaired) electrons. The average Bonchev–Trinajstić information content (AvgIpc) is 2.44. The van der Waals surface area contributed by atoms with Crippen LogP contribution in [-0.2, 0) is 9.53 Å². The quantitative estimate of drug-likeness (QED) is 0.781. The fourth-order valence-corrected chi connectivity index (χ4v) is 3.43. The molecule has 2 rings (SSSR count). The number of esters is 1. The largest absolute Gasteiger partial charge is 0.452 e. The molecular formula is C16H19Cl2NO3. The zero-order valence-corrected chi connectivity index (χ0v) is 14.2. The van der Waals surface area contributed by atoms with Crippen molar-refractivity contribution in [3.63, 3.8) is 0 Å². The van der Waals surface area contributed by atoms with Crippen molar-refractivity contribution in [3.8, 4) is 0 Å². The molecule has 0 bridgehead atoms. The first kappa shape index (κ1) is 17.1. The number of hydrogen-bond donors (Lipinski definition) is 0. The third kappa shape index (κ3) is 3.73. The van der Waals surface area contributed by atoms with E-state index in [1.165, 1.54) is 0 Å². The van der Waals surface area contributed by atoms with E-state index in [0.717, 1.165) is 19.3 Å². The SMILES string of the molecule is CC1CCCC(C)N1C(=O)COC(=O)c1c(Cl)cccc1Cl. The number of carbonyl (C=O) groups excluding carboxylic acids is 2. The van der Waals surface area contributed by atoms with Gasteiger partial charge in [0, 0.05) is 12.1 Å². The number of nitrogens with zero attached hydrogens (tertiary/aromatic N) is 1. The summed E-state index contributed by atoms with van der Waals surface area (Å²) in [5.74, 6) is -0.863. The Morgan fingerprint density at radius 2 is 1.73 bits per heavy atom. The highest BCUT2D eigenvalue weighted by atomic mass is 35.5. The monoisotopic (exact) mass is 343 g/mol. The summed E-state index contributed by atoms with van der Waals surface area (Å²) in [5, 5.41) is 0.425. The van der Waals surface area contributed by atoms with Gasteiger partial charge in [-0.25, -0.2) is 4.79 Å². The van der Waals surface area contributed by atoms with E-state index in [9.17, 15) is 9.59 Å². The molecule has 0 saturated carbocycles. The lowest BCUT2D eigenvalue weighted by Crippen LogP contribution is -2.49. The Morgan fingerprint density at radius 1 is 1.18 bits per heavy atom. The molecule has 1 aliphatic rings. The molecule has 0 aliphatic carbocycles. The minimum Gasteiger partial charge on any atom is -0.452 e. The van der Waals surface area contributed by atoms with E-state index in [-0.39, 0.29) is 40.2 Å². The molecule has 1 aliphatic heterocycles. The van der Waals surface area contributed by atoms with Gasteiger partial charge in [0.25, 0.3) is 5.91 Å². The van der Waals surface area contributed by atoms with Gasteiger partial charge < -0.3 is 9.64 Å². The normalized spacial score (nSPS) is 21.5. The Labute approximate surface area is 140 Å². The Bertz CT molecular complexity index is 546. The predicted octanol–water partition coefficient (Wildman–Crippen LogP) is 3.94. The van der Waals surface area contributed by atoms with Crippen LogP contribution in [0.15, 0.2) is 18.2 Å². The molecule has 22 heavy (non-hydrogen) atoms. The molecule has 1 heterocycles. The van der Waals surface area contributed by atoms with Gasteiger partial charge >= 0.3 is 5.97 Å². The van der Waals surface area contributed by atoms with Crippen molar-refractivity contribution < 1.29 is 14.3 Å². The number of likely N-dealkylation sites (tertiary alicyclic amines) is 1. The zero-order valence-electron chi connectivity index (χ0n) is 12.6. The molecule has 1 aromatic carbocycles. The lowest BCUT2D eigenvalue weighted by molar-refractivity contribution is -0.140. The second-order valence-corrected chi connectivity index (χ2v) is 6.42. The molecule has 0 aromatic heterocycles. The highest BCUT2D eigenvalue weighted by molar-refractivity contribution is 6.39. The Balaban J connectivity index is 2.00. The van der Waals surface area contributed by atoms with Gasteiger partial charge in [0.15, 0.2) is 6.61 Å². The number of hydrogen-bond acceptors (Lipinski definition) is 3. The van der Waals surface area contributed by atoms with Crippen LogP contribution in [0.2, 0.25) is 10.0 Å². The lowest BCUT2D eigenvalue weighted by atomic mass is 9.97. The van der Waals surface area contributed by atoms with Gasteiger partial charge in [0.05, 0.1) is 15.6 Å². The first-order chi connectivity index (χ1) is 10.4. The van der Waals surface area contributed by atoms with Gasteiger partial charge in [-0.3, -0.25) is 4.79 Å². The molecule has 2 unspecified atom stereocenters. The highest BCUT2D eigenvalue weighted by Crippen LogP contribution is 2.26. The van der Waals surface area contributed by atoms with Crippen LogP contribution in [0.4, 0.5) is 0 Å². The van der Waals surface area contributed by atoms with Crippen LogP contribution in [0.1, 0.15) is 43.5 Å². The smallest absolute Gasteiger partial charge is 0.341 e. The summed E-state index contributed by atoms with van der Waals surface area (Å²) >= 11 is 11.9. The van der Waals surface area contributed by atoms with E-state index in [1.54, 1.807) is 23.1 Å². The molecule has 120 valence electrons. The van der Waals surface area contributed by atoms with Crippen molar-refractivity contribution in [2.75, 3.05) is 6.61 Å². The van der Waals surface area contributed by atoms with E-state index >= 15 is 0 Å². The van der Waals surface area contributed by atoms with Crippen LogP contribution in [0, 0.1) is 0 Å². The third-order valence-electron chi connectivity index (χ3n) is 3.98. The molecule has 0 N–H and O–H groups in total. The van der Waals surface area contributed by atoms with Gasteiger partial charge in [-0.1, -0.05) is 29.3 Å². The summed E-state index contributed by atoms with van der Waals surface area (Å²) in [6.45, 7) is 3.73. The topological polar surface area (TPSA) is 46.6 Å². The number of piperidine rings is 1. The van der Waals surface area contributed by atoms with Crippen molar-refractivity contribution in [2.45, 2.75) is 45.2 Å². The number of amides is 1. The Morgan fingerprint density at radius 3 is 2.27 bits per heavy atom. The second kappa shape index (κ2) is 7.34. The van der Waals surface area contributed by atoms with Crippen molar-refractivity contribution >= 4 is 35.1 Å². The van der Waals surface area contributed by atoms with Gasteiger partial charge in [0.1, 0.15) is 0 Å². The van der Waals surface area contributed by atoms with Crippen molar-refractivity contribution in [1.29, 1.82) is 0 Å². The number of benzene rings is 1. The van der Waals surface area contributed by atoms with Crippen LogP contribution in [0.5, 0.6) is 0 Å². The number of ether oxygens (including phenoxy) is 1. The lowest BCUT2D eigenvalue weighted by Gasteiger charge is -2.38. The first-order valence-electron chi connectivity index (χ1n) is 7.34. The average molecular weight is 344 g/mol. The summed E-state index contributed by atoms with van der Waals surface area (Å²) in [6, 6.07) is 5.09. The molecule has 0 spiro atoms. The van der Waals surface area contributed by atoms with Crippen LogP contribution in [-0.4, -0.2) is 35.5 Å². The third-order valence-corrected chi connectivity index (χ3v) is 4.61. The van der Waals surface area contributed by atoms with Gasteiger partial charge in [-0.15, -0.1) is 0 Å². The van der Waals surface area contributed by atoms with Gasteiger partial charge in [0.2, 0.25) is 0 Å². The molecule has 1 amide bonds. The molecule has 4 nitrogen and oxygen atoms in total. The minimum atomic E-state index is -0.679. The molecular weight excluding hydrogens is 325 g/mol. The van der Waals surface area contributed by atoms with Crippen LogP contribution in [0.3, 0.4) is 0 Å². The summed E-state index contributed by atoms with van der Waals surface area (Å²) in [6.07, 6.45) is 3.06. The fraction of sp³-hybridized carbons (Fsp3) is 0.500. The maximum absolute atomic E-state index is 12.3. The summed E-state index contributed by atoms with van der Waals surface area (Å²) < 4.78 is 5.10. The Kier molecular flexibility index (Phi) is 5.70. The standard InChI is InChI=1S/C16H19Cl2NO3/c1-10-5-3-6-11(2)19(10)14(20)9-22-16(21)15-12(17)7-4-8-13(15)18/h4,7-8,10-11H,3,5-6,9H2,1-2H3. The van der Waals surface area contributed by atoms with Gasteiger partial charge in [-0.2, -0.15) is 0 Å². The first-order valence-corrected chi connectivity index (χ1v) is 8.09. The number of halogens is 2. The molecule has 1 aromatic rings. The van der Waals surface area contributed by atoms with E-state index in [0.29, 0.717) is 0 Å². The molecule has 2 atom stereocenters. The van der Waals surface area contributed by atoms with Crippen molar-refractivity contribution in [3.05, 3.63) is 33.8 Å². The van der Waals surface area contributed by atoms with Crippen molar-refractivity contribution in [1.82, 2.24) is 4.90 Å². The molecule has 1 fully saturated rings. The van der Waals surface area contributed by atoms with Crippen LogP contribution >= 0.6 is 23.2 Å². The van der Waals surface area contributed by atoms with Crippen LogP contribution in [0.25, 0.3) is 0 Å². The number of rotatable bonds is 3. The number of carbonyl (C=O) groups is 2. The second-order valence-electron chi connectivity index (χ2n) is 5.60. The maximum atomic E-state index is 12.3. The zero-order chi connectivity index (χ0) is 16.3. The van der Waals surface area contributed by atoms with E-state index in [2.05, 4.69) is 0 Å². The van der Waals surface area contributed by atoms with E-state index in [4.69, 9.17) is 27.9 Å². The minimum absolute atomic E-state index is 0.0957. The fourth-order valence-electron chi connectivity index (χ4n) is 2.88. The summed E-state index contributed by atoms with van der Waals surface area (Å²) in [4.78, 5) is 26.2. The highest BCUT2D eigenvalue weighted by Gasteiger charge is 2.29. The van der Waals surface area contributed by atoms with Crippen LogP contribution < -0.4 is 0 Å². The van der Waals surface area contributed by atoms with Gasteiger partial charge in [-0.05, 0) is 45.2 Å². The summed E-state index contributed by atoms with van der Waals surface area (Å²) in [7, 11) is 0. The van der Waals surface area contributed by atoms with E-state index < -0.39 is 5.97 Å². The maximum Gasteiger partial charge on any atom is 0.341 e. The van der Waals surface area contributed by atoms with Crippen molar-refractivity contribution in [2.24, 2.45) is 0 Å². The molecule has 6 heteroatoms.